The van der Waals surface area contributed by atoms with Crippen LogP contribution in [0.15, 0.2) is 0 Å². The number of hydrogen-bond acceptors (Lipinski definition) is 4. The van der Waals surface area contributed by atoms with E-state index in [1.807, 2.05) is 20.8 Å². The lowest BCUT2D eigenvalue weighted by Gasteiger charge is -2.22. The van der Waals surface area contributed by atoms with Crippen LogP contribution in [0.2, 0.25) is 0 Å². The van der Waals surface area contributed by atoms with Crippen LogP contribution in [0.1, 0.15) is 85.5 Å². The van der Waals surface area contributed by atoms with Crippen molar-refractivity contribution < 1.29 is 19.1 Å². The summed E-state index contributed by atoms with van der Waals surface area (Å²) in [5.41, 5.74) is 0. The maximum atomic E-state index is 12.3. The van der Waals surface area contributed by atoms with Crippen LogP contribution in [-0.4, -0.2) is 31.3 Å². The molecule has 5 heteroatoms. The smallest absolute Gasteiger partial charge is 0.407 e. The summed E-state index contributed by atoms with van der Waals surface area (Å²) in [5, 5.41) is 2.66. The van der Waals surface area contributed by atoms with Crippen molar-refractivity contribution in [3.63, 3.8) is 0 Å². The van der Waals surface area contributed by atoms with Crippen LogP contribution in [0.3, 0.4) is 0 Å². The number of nitrogens with one attached hydrogen (secondary N) is 1. The molecule has 0 aromatic rings. The second-order valence-electron chi connectivity index (χ2n) is 6.43. The lowest BCUT2D eigenvalue weighted by molar-refractivity contribution is -0.147. The minimum absolute atomic E-state index is 0.0146. The summed E-state index contributed by atoms with van der Waals surface area (Å²) in [6, 6.07) is -0.635. The van der Waals surface area contributed by atoms with Crippen LogP contribution < -0.4 is 5.32 Å². The molecule has 0 rings (SSSR count). The molecule has 0 bridgehead atoms. The molecule has 2 unspecified atom stereocenters. The van der Waals surface area contributed by atoms with Crippen molar-refractivity contribution >= 4 is 12.1 Å². The summed E-state index contributed by atoms with van der Waals surface area (Å²) in [7, 11) is 0. The molecule has 0 fully saturated rings. The molecule has 0 aliphatic carbocycles. The van der Waals surface area contributed by atoms with Crippen molar-refractivity contribution in [1.82, 2.24) is 5.32 Å². The first-order valence-corrected chi connectivity index (χ1v) is 9.66. The molecular formula is C19H37NO4. The minimum Gasteiger partial charge on any atom is -0.464 e. The Bertz CT molecular complexity index is 333. The van der Waals surface area contributed by atoms with Crippen molar-refractivity contribution in [2.75, 3.05) is 13.2 Å². The molecule has 0 spiro atoms. The Morgan fingerprint density at radius 3 is 2.04 bits per heavy atom. The summed E-state index contributed by atoms with van der Waals surface area (Å²) in [6.07, 6.45) is 8.90. The highest BCUT2D eigenvalue weighted by Crippen LogP contribution is 2.11. The van der Waals surface area contributed by atoms with Crippen LogP contribution >= 0.6 is 0 Å². The largest absolute Gasteiger partial charge is 0.464 e. The number of carbonyl (C=O) groups excluding carboxylic acids is 2. The quantitative estimate of drug-likeness (QED) is 0.362. The van der Waals surface area contributed by atoms with Crippen molar-refractivity contribution in [3.8, 4) is 0 Å². The van der Waals surface area contributed by atoms with Crippen LogP contribution in [-0.2, 0) is 14.3 Å². The third-order valence-electron chi connectivity index (χ3n) is 4.21. The second kappa shape index (κ2) is 15.3. The van der Waals surface area contributed by atoms with Crippen molar-refractivity contribution in [2.45, 2.75) is 91.5 Å². The maximum Gasteiger partial charge on any atom is 0.407 e. The molecule has 0 saturated carbocycles. The van der Waals surface area contributed by atoms with E-state index in [0.717, 1.165) is 32.1 Å². The molecule has 0 saturated heterocycles. The molecule has 5 nitrogen and oxygen atoms in total. The summed E-state index contributed by atoms with van der Waals surface area (Å²) < 4.78 is 10.4. The SMILES string of the molecule is CCCCCCCCOC(=O)C(NC(=O)OCCCC)C(C)CC. The van der Waals surface area contributed by atoms with E-state index >= 15 is 0 Å². The molecule has 0 aliphatic rings. The molecule has 0 aromatic heterocycles. The van der Waals surface area contributed by atoms with Crippen molar-refractivity contribution in [2.24, 2.45) is 5.92 Å². The molecule has 1 N–H and O–H groups in total. The lowest BCUT2D eigenvalue weighted by Crippen LogP contribution is -2.46. The first kappa shape index (κ1) is 22.7. The molecule has 24 heavy (non-hydrogen) atoms. The highest BCUT2D eigenvalue weighted by atomic mass is 16.6. The first-order valence-electron chi connectivity index (χ1n) is 9.66. The third-order valence-corrected chi connectivity index (χ3v) is 4.21. The normalized spacial score (nSPS) is 13.2. The molecule has 0 heterocycles. The summed E-state index contributed by atoms with van der Waals surface area (Å²) in [4.78, 5) is 24.0. The molecule has 0 radical (unpaired) electrons. The zero-order chi connectivity index (χ0) is 18.2. The van der Waals surface area contributed by atoms with E-state index in [1.165, 1.54) is 25.7 Å². The Balaban J connectivity index is 4.14. The van der Waals surface area contributed by atoms with Gasteiger partial charge in [-0.2, -0.15) is 0 Å². The number of rotatable bonds is 14. The third kappa shape index (κ3) is 11.3. The number of hydrogen-bond donors (Lipinski definition) is 1. The zero-order valence-corrected chi connectivity index (χ0v) is 16.1. The van der Waals surface area contributed by atoms with E-state index in [9.17, 15) is 9.59 Å². The van der Waals surface area contributed by atoms with E-state index in [1.54, 1.807) is 0 Å². The Hall–Kier alpha value is -1.26. The molecule has 0 aliphatic heterocycles. The Labute approximate surface area is 147 Å². The van der Waals surface area contributed by atoms with E-state index < -0.39 is 12.1 Å². The van der Waals surface area contributed by atoms with E-state index in [-0.39, 0.29) is 11.9 Å². The highest BCUT2D eigenvalue weighted by Gasteiger charge is 2.27. The minimum atomic E-state index is -0.635. The van der Waals surface area contributed by atoms with Gasteiger partial charge in [0.1, 0.15) is 6.04 Å². The first-order chi connectivity index (χ1) is 11.6. The topological polar surface area (TPSA) is 64.6 Å². The number of carbonyl (C=O) groups is 2. The average molecular weight is 344 g/mol. The van der Waals surface area contributed by atoms with Crippen LogP contribution in [0.5, 0.6) is 0 Å². The lowest BCUT2D eigenvalue weighted by atomic mass is 9.99. The highest BCUT2D eigenvalue weighted by molar-refractivity contribution is 5.81. The summed E-state index contributed by atoms with van der Waals surface area (Å²) in [5.74, 6) is -0.342. The predicted molar refractivity (Wildman–Crippen MR) is 97.0 cm³/mol. The van der Waals surface area contributed by atoms with Gasteiger partial charge in [0.05, 0.1) is 13.2 Å². The van der Waals surface area contributed by atoms with Crippen LogP contribution in [0.4, 0.5) is 4.79 Å². The number of amides is 1. The van der Waals surface area contributed by atoms with Gasteiger partial charge in [0.2, 0.25) is 0 Å². The molecular weight excluding hydrogens is 306 g/mol. The molecule has 2 atom stereocenters. The predicted octanol–water partition coefficient (Wildman–Crippen LogP) is 4.83. The monoisotopic (exact) mass is 343 g/mol. The fourth-order valence-electron chi connectivity index (χ4n) is 2.29. The molecule has 0 aromatic carbocycles. The second-order valence-corrected chi connectivity index (χ2v) is 6.43. The summed E-state index contributed by atoms with van der Waals surface area (Å²) >= 11 is 0. The summed E-state index contributed by atoms with van der Waals surface area (Å²) in [6.45, 7) is 8.94. The van der Waals surface area contributed by atoms with Gasteiger partial charge in [-0.3, -0.25) is 0 Å². The Morgan fingerprint density at radius 1 is 0.833 bits per heavy atom. The Kier molecular flexibility index (Phi) is 14.5. The molecule has 1 amide bonds. The number of alkyl carbamates (subject to hydrolysis) is 1. The van der Waals surface area contributed by atoms with E-state index in [4.69, 9.17) is 9.47 Å². The van der Waals surface area contributed by atoms with Crippen molar-refractivity contribution in [1.29, 1.82) is 0 Å². The van der Waals surface area contributed by atoms with E-state index in [0.29, 0.717) is 13.2 Å². The number of esters is 1. The number of unbranched alkanes of at least 4 members (excludes halogenated alkanes) is 6. The van der Waals surface area contributed by atoms with Gasteiger partial charge in [0, 0.05) is 0 Å². The van der Waals surface area contributed by atoms with Gasteiger partial charge in [-0.1, -0.05) is 72.6 Å². The molecule has 142 valence electrons. The Morgan fingerprint density at radius 2 is 1.42 bits per heavy atom. The van der Waals surface area contributed by atoms with Gasteiger partial charge < -0.3 is 14.8 Å². The van der Waals surface area contributed by atoms with Crippen LogP contribution in [0.25, 0.3) is 0 Å². The standard InChI is InChI=1S/C19H37NO4/c1-5-8-10-11-12-13-15-23-18(21)17(16(4)7-3)20-19(22)24-14-9-6-2/h16-17H,5-15H2,1-4H3,(H,20,22). The van der Waals surface area contributed by atoms with Gasteiger partial charge in [0.25, 0.3) is 0 Å². The van der Waals surface area contributed by atoms with Crippen LogP contribution in [0, 0.1) is 5.92 Å². The van der Waals surface area contributed by atoms with Gasteiger partial charge in [-0.15, -0.1) is 0 Å². The zero-order valence-electron chi connectivity index (χ0n) is 16.1. The fraction of sp³-hybridized carbons (Fsp3) is 0.895. The fourth-order valence-corrected chi connectivity index (χ4v) is 2.29. The van der Waals surface area contributed by atoms with Crippen molar-refractivity contribution in [3.05, 3.63) is 0 Å². The van der Waals surface area contributed by atoms with Gasteiger partial charge >= 0.3 is 12.1 Å². The van der Waals surface area contributed by atoms with Gasteiger partial charge in [0.15, 0.2) is 0 Å². The number of ether oxygens (including phenoxy) is 2. The van der Waals surface area contributed by atoms with Gasteiger partial charge in [-0.05, 0) is 18.8 Å². The average Bonchev–Trinajstić information content (AvgIpc) is 2.58. The van der Waals surface area contributed by atoms with Gasteiger partial charge in [-0.25, -0.2) is 9.59 Å². The maximum absolute atomic E-state index is 12.3. The van der Waals surface area contributed by atoms with E-state index in [2.05, 4.69) is 12.2 Å².